The van der Waals surface area contributed by atoms with Gasteiger partial charge in [0, 0.05) is 44.7 Å². The smallest absolute Gasteiger partial charge is 0.175 e. The zero-order valence-electron chi connectivity index (χ0n) is 17.3. The molecule has 0 aliphatic carbocycles. The molecule has 3 heterocycles. The van der Waals surface area contributed by atoms with Crippen LogP contribution in [0.3, 0.4) is 0 Å². The molecule has 0 unspecified atom stereocenters. The number of methoxy groups -OCH3 is 1. The number of pyridine rings is 1. The number of morpholine rings is 1. The standard InChI is InChI=1S/C20H24ClN5O4S/c1-29-18-4-3-14(31(2,27)28)11-17(18)26-16-12-19(21)23-13-15(16)20(24-26)22-5-6-25-7-9-30-10-8-25/h3-4,11-13H,5-10H2,1-2H3,(H,22,24). The number of nitrogens with zero attached hydrogens (tertiary/aromatic N) is 4. The minimum Gasteiger partial charge on any atom is -0.494 e. The van der Waals surface area contributed by atoms with E-state index in [0.717, 1.165) is 38.2 Å². The summed E-state index contributed by atoms with van der Waals surface area (Å²) in [7, 11) is -1.88. The van der Waals surface area contributed by atoms with E-state index in [1.807, 2.05) is 0 Å². The minimum absolute atomic E-state index is 0.175. The van der Waals surface area contributed by atoms with Crippen LogP contribution >= 0.6 is 11.6 Å². The second-order valence-corrected chi connectivity index (χ2v) is 9.67. The van der Waals surface area contributed by atoms with Crippen molar-refractivity contribution in [3.8, 4) is 11.4 Å². The molecule has 11 heteroatoms. The number of halogens is 1. The van der Waals surface area contributed by atoms with Gasteiger partial charge in [-0.1, -0.05) is 11.6 Å². The van der Waals surface area contributed by atoms with E-state index in [2.05, 4.69) is 15.2 Å². The second kappa shape index (κ2) is 8.99. The Bertz CT molecular complexity index is 1190. The summed E-state index contributed by atoms with van der Waals surface area (Å²) in [6.07, 6.45) is 2.82. The van der Waals surface area contributed by atoms with Gasteiger partial charge in [0.05, 0.1) is 36.1 Å². The van der Waals surface area contributed by atoms with E-state index in [1.165, 1.54) is 19.4 Å². The first-order valence-electron chi connectivity index (χ1n) is 9.83. The summed E-state index contributed by atoms with van der Waals surface area (Å²) in [5.74, 6) is 1.13. The summed E-state index contributed by atoms with van der Waals surface area (Å²) in [6.45, 7) is 4.85. The van der Waals surface area contributed by atoms with E-state index in [1.54, 1.807) is 29.1 Å². The van der Waals surface area contributed by atoms with Crippen molar-refractivity contribution in [2.75, 3.05) is 58.1 Å². The van der Waals surface area contributed by atoms with Crippen molar-refractivity contribution in [1.82, 2.24) is 19.7 Å². The maximum Gasteiger partial charge on any atom is 0.175 e. The lowest BCUT2D eigenvalue weighted by molar-refractivity contribution is 0.0398. The largest absolute Gasteiger partial charge is 0.494 e. The first-order chi connectivity index (χ1) is 14.9. The Morgan fingerprint density at radius 2 is 2.03 bits per heavy atom. The lowest BCUT2D eigenvalue weighted by atomic mass is 10.2. The predicted octanol–water partition coefficient (Wildman–Crippen LogP) is 2.23. The molecule has 0 atom stereocenters. The van der Waals surface area contributed by atoms with Gasteiger partial charge in [-0.15, -0.1) is 5.10 Å². The highest BCUT2D eigenvalue weighted by atomic mass is 35.5. The number of benzene rings is 1. The molecule has 0 amide bonds. The van der Waals surface area contributed by atoms with Crippen LogP contribution in [0.1, 0.15) is 0 Å². The van der Waals surface area contributed by atoms with Crippen molar-refractivity contribution in [2.45, 2.75) is 4.90 Å². The molecule has 0 saturated carbocycles. The van der Waals surface area contributed by atoms with Gasteiger partial charge in [-0.05, 0) is 18.2 Å². The lowest BCUT2D eigenvalue weighted by Gasteiger charge is -2.26. The maximum absolute atomic E-state index is 12.1. The third kappa shape index (κ3) is 4.77. The molecule has 166 valence electrons. The lowest BCUT2D eigenvalue weighted by Crippen LogP contribution is -2.39. The normalized spacial score (nSPS) is 15.3. The third-order valence-corrected chi connectivity index (χ3v) is 6.48. The van der Waals surface area contributed by atoms with Gasteiger partial charge in [0.25, 0.3) is 0 Å². The molecule has 1 aliphatic heterocycles. The first-order valence-corrected chi connectivity index (χ1v) is 12.1. The van der Waals surface area contributed by atoms with Crippen LogP contribution in [0.15, 0.2) is 35.4 Å². The van der Waals surface area contributed by atoms with E-state index in [0.29, 0.717) is 34.5 Å². The Morgan fingerprint density at radius 3 is 2.74 bits per heavy atom. The van der Waals surface area contributed by atoms with Crippen molar-refractivity contribution in [1.29, 1.82) is 0 Å². The van der Waals surface area contributed by atoms with Gasteiger partial charge in [-0.3, -0.25) is 4.90 Å². The number of hydrogen-bond acceptors (Lipinski definition) is 8. The SMILES string of the molecule is COc1ccc(S(C)(=O)=O)cc1-n1nc(NCCN2CCOCC2)c2cnc(Cl)cc21. The molecular weight excluding hydrogens is 442 g/mol. The fourth-order valence-electron chi connectivity index (χ4n) is 3.52. The second-order valence-electron chi connectivity index (χ2n) is 7.27. The van der Waals surface area contributed by atoms with Crippen LogP contribution in [0.4, 0.5) is 5.82 Å². The van der Waals surface area contributed by atoms with E-state index in [-0.39, 0.29) is 4.90 Å². The van der Waals surface area contributed by atoms with Crippen LogP contribution in [0.2, 0.25) is 5.15 Å². The fraction of sp³-hybridized carbons (Fsp3) is 0.400. The van der Waals surface area contributed by atoms with Gasteiger partial charge in [0.2, 0.25) is 0 Å². The molecule has 31 heavy (non-hydrogen) atoms. The van der Waals surface area contributed by atoms with Gasteiger partial charge in [0.15, 0.2) is 15.7 Å². The van der Waals surface area contributed by atoms with Crippen LogP contribution in [0.25, 0.3) is 16.6 Å². The van der Waals surface area contributed by atoms with Crippen LogP contribution in [-0.2, 0) is 14.6 Å². The molecule has 1 saturated heterocycles. The van der Waals surface area contributed by atoms with Crippen molar-refractivity contribution in [3.63, 3.8) is 0 Å². The molecule has 0 radical (unpaired) electrons. The predicted molar refractivity (Wildman–Crippen MR) is 119 cm³/mol. The summed E-state index contributed by atoms with van der Waals surface area (Å²) >= 11 is 6.15. The Hall–Kier alpha value is -2.40. The van der Waals surface area contributed by atoms with Crippen molar-refractivity contribution in [3.05, 3.63) is 35.6 Å². The Labute approximate surface area is 185 Å². The van der Waals surface area contributed by atoms with Crippen LogP contribution < -0.4 is 10.1 Å². The number of fused-ring (bicyclic) bond motifs is 1. The number of anilines is 1. The molecule has 9 nitrogen and oxygen atoms in total. The van der Waals surface area contributed by atoms with Crippen LogP contribution in [-0.4, -0.2) is 80.8 Å². The van der Waals surface area contributed by atoms with Gasteiger partial charge in [-0.25, -0.2) is 18.1 Å². The molecule has 4 rings (SSSR count). The van der Waals surface area contributed by atoms with Crippen molar-refractivity contribution >= 4 is 38.2 Å². The fourth-order valence-corrected chi connectivity index (χ4v) is 4.32. The number of rotatable bonds is 7. The number of nitrogens with one attached hydrogen (secondary N) is 1. The van der Waals surface area contributed by atoms with Gasteiger partial charge >= 0.3 is 0 Å². The summed E-state index contributed by atoms with van der Waals surface area (Å²) in [4.78, 5) is 6.69. The molecule has 0 bridgehead atoms. The molecular formula is C20H24ClN5O4S. The van der Waals surface area contributed by atoms with E-state index >= 15 is 0 Å². The molecule has 1 aromatic carbocycles. The highest BCUT2D eigenvalue weighted by Gasteiger charge is 2.19. The third-order valence-electron chi connectivity index (χ3n) is 5.16. The molecule has 0 spiro atoms. The topological polar surface area (TPSA) is 98.6 Å². The van der Waals surface area contributed by atoms with E-state index in [4.69, 9.17) is 26.2 Å². The number of ether oxygens (including phenoxy) is 2. The average Bonchev–Trinajstić information content (AvgIpc) is 3.11. The molecule has 1 aliphatic rings. The highest BCUT2D eigenvalue weighted by molar-refractivity contribution is 7.90. The maximum atomic E-state index is 12.1. The van der Waals surface area contributed by atoms with Gasteiger partial charge in [0.1, 0.15) is 16.6 Å². The first kappa shape index (κ1) is 21.8. The van der Waals surface area contributed by atoms with Crippen molar-refractivity contribution in [2.24, 2.45) is 0 Å². The highest BCUT2D eigenvalue weighted by Crippen LogP contribution is 2.32. The number of aromatic nitrogens is 3. The molecule has 3 aromatic rings. The molecule has 1 N–H and O–H groups in total. The summed E-state index contributed by atoms with van der Waals surface area (Å²) < 4.78 is 36.7. The Morgan fingerprint density at radius 1 is 1.26 bits per heavy atom. The molecule has 2 aromatic heterocycles. The van der Waals surface area contributed by atoms with Crippen molar-refractivity contribution < 1.29 is 17.9 Å². The van der Waals surface area contributed by atoms with Gasteiger partial charge in [-0.2, -0.15) is 0 Å². The zero-order chi connectivity index (χ0) is 22.0. The van der Waals surface area contributed by atoms with Crippen LogP contribution in [0.5, 0.6) is 5.75 Å². The van der Waals surface area contributed by atoms with Crippen LogP contribution in [0, 0.1) is 0 Å². The summed E-state index contributed by atoms with van der Waals surface area (Å²) in [5.41, 5.74) is 1.19. The van der Waals surface area contributed by atoms with E-state index in [9.17, 15) is 8.42 Å². The van der Waals surface area contributed by atoms with E-state index < -0.39 is 9.84 Å². The quantitative estimate of drug-likeness (QED) is 0.530. The minimum atomic E-state index is -3.41. The zero-order valence-corrected chi connectivity index (χ0v) is 18.9. The Kier molecular flexibility index (Phi) is 6.33. The molecule has 1 fully saturated rings. The Balaban J connectivity index is 1.72. The number of sulfone groups is 1. The van der Waals surface area contributed by atoms with Gasteiger partial charge < -0.3 is 14.8 Å². The average molecular weight is 466 g/mol. The number of hydrogen-bond donors (Lipinski definition) is 1. The summed E-state index contributed by atoms with van der Waals surface area (Å²) in [6, 6.07) is 6.38. The summed E-state index contributed by atoms with van der Waals surface area (Å²) in [5, 5.41) is 9.16. The monoisotopic (exact) mass is 465 g/mol.